The Balaban J connectivity index is 1.46. The first-order chi connectivity index (χ1) is 13.5. The van der Waals surface area contributed by atoms with Gasteiger partial charge in [0.25, 0.3) is 5.91 Å². The smallest absolute Gasteiger partial charge is 0.270 e. The summed E-state index contributed by atoms with van der Waals surface area (Å²) in [6, 6.07) is 0. The van der Waals surface area contributed by atoms with Gasteiger partial charge in [-0.2, -0.15) is 0 Å². The molecule has 0 spiro atoms. The molecule has 2 saturated heterocycles. The Labute approximate surface area is 167 Å². The van der Waals surface area contributed by atoms with Crippen LogP contribution in [0.4, 0.5) is 0 Å². The van der Waals surface area contributed by atoms with Crippen LogP contribution in [0.3, 0.4) is 0 Å². The van der Waals surface area contributed by atoms with Crippen LogP contribution in [0.25, 0.3) is 0 Å². The highest BCUT2D eigenvalue weighted by atomic mass is 16.5. The predicted octanol–water partition coefficient (Wildman–Crippen LogP) is 1.63. The van der Waals surface area contributed by atoms with Gasteiger partial charge in [-0.25, -0.2) is 0 Å². The lowest BCUT2D eigenvalue weighted by Gasteiger charge is -2.32. The molecular formula is C21H34N4O3. The van der Waals surface area contributed by atoms with Crippen LogP contribution < -0.4 is 5.32 Å². The van der Waals surface area contributed by atoms with Gasteiger partial charge in [0, 0.05) is 38.4 Å². The molecule has 0 radical (unpaired) electrons. The van der Waals surface area contributed by atoms with Gasteiger partial charge in [-0.3, -0.25) is 14.5 Å². The molecule has 1 aromatic rings. The van der Waals surface area contributed by atoms with Crippen molar-refractivity contribution in [2.45, 2.75) is 40.0 Å². The molecule has 0 unspecified atom stereocenters. The van der Waals surface area contributed by atoms with Gasteiger partial charge in [0.15, 0.2) is 0 Å². The van der Waals surface area contributed by atoms with E-state index >= 15 is 0 Å². The SMILES string of the molecule is Cc1[nH]c(C(=O)N2CCC[C@H](C(=O)NCCCN3CCOCC3)C2)c(C)c1C. The molecule has 7 heteroatoms. The van der Waals surface area contributed by atoms with E-state index in [1.165, 1.54) is 0 Å². The molecule has 2 aliphatic heterocycles. The predicted molar refractivity (Wildman–Crippen MR) is 109 cm³/mol. The molecule has 2 amide bonds. The Morgan fingerprint density at radius 2 is 1.89 bits per heavy atom. The minimum absolute atomic E-state index is 0.0125. The standard InChI is InChI=1S/C21H34N4O3/c1-15-16(2)19(23-17(15)3)21(27)25-9-4-6-18(14-25)20(26)22-7-5-8-24-10-12-28-13-11-24/h18,23H,4-14H2,1-3H3,(H,22,26)/t18-/m0/s1. The van der Waals surface area contributed by atoms with Crippen LogP contribution in [0.15, 0.2) is 0 Å². The summed E-state index contributed by atoms with van der Waals surface area (Å²) in [4.78, 5) is 33.0. The maximum absolute atomic E-state index is 12.9. The van der Waals surface area contributed by atoms with E-state index in [4.69, 9.17) is 4.74 Å². The van der Waals surface area contributed by atoms with Gasteiger partial charge in [-0.15, -0.1) is 0 Å². The zero-order valence-electron chi connectivity index (χ0n) is 17.5. The normalized spacial score (nSPS) is 21.0. The summed E-state index contributed by atoms with van der Waals surface area (Å²) in [5.74, 6) is -0.0212. The van der Waals surface area contributed by atoms with E-state index in [-0.39, 0.29) is 17.7 Å². The number of rotatable bonds is 6. The van der Waals surface area contributed by atoms with Crippen LogP contribution in [-0.2, 0) is 9.53 Å². The molecule has 156 valence electrons. The maximum atomic E-state index is 12.9. The summed E-state index contributed by atoms with van der Waals surface area (Å²) in [5.41, 5.74) is 3.85. The fraction of sp³-hybridized carbons (Fsp3) is 0.714. The highest BCUT2D eigenvalue weighted by molar-refractivity contribution is 5.95. The second-order valence-corrected chi connectivity index (χ2v) is 8.06. The molecule has 2 fully saturated rings. The fourth-order valence-electron chi connectivity index (χ4n) is 4.07. The lowest BCUT2D eigenvalue weighted by atomic mass is 9.96. The summed E-state index contributed by atoms with van der Waals surface area (Å²) in [6.45, 7) is 12.5. The van der Waals surface area contributed by atoms with Gasteiger partial charge in [-0.05, 0) is 57.7 Å². The molecular weight excluding hydrogens is 356 g/mol. The van der Waals surface area contributed by atoms with Gasteiger partial charge in [0.05, 0.1) is 19.1 Å². The topological polar surface area (TPSA) is 77.7 Å². The number of aromatic nitrogens is 1. The number of carbonyl (C=O) groups excluding carboxylic acids is 2. The van der Waals surface area contributed by atoms with Crippen LogP contribution in [0, 0.1) is 26.7 Å². The van der Waals surface area contributed by atoms with E-state index in [2.05, 4.69) is 15.2 Å². The molecule has 0 aromatic carbocycles. The second kappa shape index (κ2) is 9.56. The van der Waals surface area contributed by atoms with Gasteiger partial charge in [-0.1, -0.05) is 0 Å². The van der Waals surface area contributed by atoms with Crippen LogP contribution >= 0.6 is 0 Å². The van der Waals surface area contributed by atoms with E-state index in [9.17, 15) is 9.59 Å². The van der Waals surface area contributed by atoms with E-state index < -0.39 is 0 Å². The minimum atomic E-state index is -0.112. The maximum Gasteiger partial charge on any atom is 0.270 e. The number of hydrogen-bond acceptors (Lipinski definition) is 4. The molecule has 3 heterocycles. The Bertz CT molecular complexity index is 694. The van der Waals surface area contributed by atoms with Crippen molar-refractivity contribution >= 4 is 11.8 Å². The van der Waals surface area contributed by atoms with Crippen molar-refractivity contribution in [1.29, 1.82) is 0 Å². The molecule has 2 aliphatic rings. The summed E-state index contributed by atoms with van der Waals surface area (Å²) in [5, 5.41) is 3.07. The largest absolute Gasteiger partial charge is 0.379 e. The number of aromatic amines is 1. The number of amides is 2. The summed E-state index contributed by atoms with van der Waals surface area (Å²) < 4.78 is 5.35. The van der Waals surface area contributed by atoms with Crippen LogP contribution in [0.2, 0.25) is 0 Å². The Hall–Kier alpha value is -1.86. The summed E-state index contributed by atoms with van der Waals surface area (Å²) in [7, 11) is 0. The van der Waals surface area contributed by atoms with E-state index in [1.807, 2.05) is 25.7 Å². The molecule has 0 saturated carbocycles. The average Bonchev–Trinajstić information content (AvgIpc) is 2.98. The van der Waals surface area contributed by atoms with E-state index in [0.29, 0.717) is 18.8 Å². The fourth-order valence-corrected chi connectivity index (χ4v) is 4.07. The average molecular weight is 391 g/mol. The van der Waals surface area contributed by atoms with Crippen molar-refractivity contribution in [2.24, 2.45) is 5.92 Å². The number of piperidine rings is 1. The number of nitrogens with zero attached hydrogens (tertiary/aromatic N) is 2. The van der Waals surface area contributed by atoms with Crippen LogP contribution in [-0.4, -0.2) is 79.1 Å². The van der Waals surface area contributed by atoms with Crippen molar-refractivity contribution in [2.75, 3.05) is 52.5 Å². The second-order valence-electron chi connectivity index (χ2n) is 8.06. The van der Waals surface area contributed by atoms with Crippen molar-refractivity contribution in [3.05, 3.63) is 22.5 Å². The lowest BCUT2D eigenvalue weighted by Crippen LogP contribution is -2.46. The Morgan fingerprint density at radius 1 is 1.14 bits per heavy atom. The first kappa shape index (κ1) is 20.9. The number of nitrogens with one attached hydrogen (secondary N) is 2. The first-order valence-electron chi connectivity index (χ1n) is 10.5. The van der Waals surface area contributed by atoms with Crippen LogP contribution in [0.1, 0.15) is 46.6 Å². The zero-order valence-corrected chi connectivity index (χ0v) is 17.5. The molecule has 0 aliphatic carbocycles. The van der Waals surface area contributed by atoms with Gasteiger partial charge < -0.3 is 19.9 Å². The third-order valence-electron chi connectivity index (χ3n) is 6.16. The van der Waals surface area contributed by atoms with Crippen molar-refractivity contribution in [1.82, 2.24) is 20.1 Å². The van der Waals surface area contributed by atoms with Gasteiger partial charge >= 0.3 is 0 Å². The number of carbonyl (C=O) groups is 2. The van der Waals surface area contributed by atoms with Crippen molar-refractivity contribution in [3.8, 4) is 0 Å². The molecule has 28 heavy (non-hydrogen) atoms. The molecule has 7 nitrogen and oxygen atoms in total. The van der Waals surface area contributed by atoms with Crippen molar-refractivity contribution in [3.63, 3.8) is 0 Å². The molecule has 0 bridgehead atoms. The highest BCUT2D eigenvalue weighted by Crippen LogP contribution is 2.22. The quantitative estimate of drug-likeness (QED) is 0.724. The monoisotopic (exact) mass is 390 g/mol. The molecule has 3 rings (SSSR count). The third kappa shape index (κ3) is 4.94. The van der Waals surface area contributed by atoms with Gasteiger partial charge in [0.1, 0.15) is 5.69 Å². The first-order valence-corrected chi connectivity index (χ1v) is 10.5. The van der Waals surface area contributed by atoms with E-state index in [0.717, 1.165) is 75.5 Å². The number of ether oxygens (including phenoxy) is 1. The molecule has 1 atom stereocenters. The summed E-state index contributed by atoms with van der Waals surface area (Å²) >= 11 is 0. The van der Waals surface area contributed by atoms with Crippen LogP contribution in [0.5, 0.6) is 0 Å². The minimum Gasteiger partial charge on any atom is -0.379 e. The van der Waals surface area contributed by atoms with Crippen molar-refractivity contribution < 1.29 is 14.3 Å². The number of hydrogen-bond donors (Lipinski definition) is 2. The number of morpholine rings is 1. The van der Waals surface area contributed by atoms with Gasteiger partial charge in [0.2, 0.25) is 5.91 Å². The zero-order chi connectivity index (χ0) is 20.1. The Kier molecular flexibility index (Phi) is 7.13. The number of aryl methyl sites for hydroxylation is 1. The number of likely N-dealkylation sites (tertiary alicyclic amines) is 1. The molecule has 1 aromatic heterocycles. The lowest BCUT2D eigenvalue weighted by molar-refractivity contribution is -0.126. The number of H-pyrrole nitrogens is 1. The molecule has 2 N–H and O–H groups in total. The van der Waals surface area contributed by atoms with E-state index in [1.54, 1.807) is 0 Å². The Morgan fingerprint density at radius 3 is 2.57 bits per heavy atom. The summed E-state index contributed by atoms with van der Waals surface area (Å²) in [6.07, 6.45) is 2.66. The third-order valence-corrected chi connectivity index (χ3v) is 6.16. The highest BCUT2D eigenvalue weighted by Gasteiger charge is 2.30.